The van der Waals surface area contributed by atoms with Crippen LogP contribution in [0.15, 0.2) is 53.5 Å². The summed E-state index contributed by atoms with van der Waals surface area (Å²) in [7, 11) is 0. The van der Waals surface area contributed by atoms with Crippen LogP contribution in [0.25, 0.3) is 0 Å². The third-order valence-corrected chi connectivity index (χ3v) is 6.26. The quantitative estimate of drug-likeness (QED) is 0.552. The Morgan fingerprint density at radius 3 is 2.47 bits per heavy atom. The van der Waals surface area contributed by atoms with Gasteiger partial charge in [-0.2, -0.15) is 0 Å². The van der Waals surface area contributed by atoms with Crippen molar-refractivity contribution in [3.8, 4) is 0 Å². The molecule has 0 aliphatic carbocycles. The maximum atomic E-state index is 4.50. The molecule has 3 heteroatoms. The van der Waals surface area contributed by atoms with Gasteiger partial charge in [0, 0.05) is 0 Å². The van der Waals surface area contributed by atoms with Crippen molar-refractivity contribution in [1.82, 2.24) is 0 Å². The minimum atomic E-state index is -0.248. The fourth-order valence-corrected chi connectivity index (χ4v) is 4.38. The first-order valence-corrected chi connectivity index (χ1v) is 11.7. The van der Waals surface area contributed by atoms with Gasteiger partial charge in [-0.3, -0.25) is 0 Å². The summed E-state index contributed by atoms with van der Waals surface area (Å²) >= 11 is 3.36. The maximum absolute atomic E-state index is 4.50. The van der Waals surface area contributed by atoms with Gasteiger partial charge in [-0.1, -0.05) is 0 Å². The van der Waals surface area contributed by atoms with Crippen LogP contribution in [0.2, 0.25) is 0 Å². The average molecular weight is 402 g/mol. The first-order valence-electron chi connectivity index (χ1n) is 5.28. The molecular formula is C14H12BrNTe. The first-order chi connectivity index (χ1) is 8.29. The molecule has 0 aliphatic rings. The zero-order chi connectivity index (χ0) is 12.1. The Labute approximate surface area is 118 Å². The molecule has 0 saturated carbocycles. The molecule has 0 heterocycles. The standard InChI is InChI=1S/C14H12BrNTe/c1-11-6-8-13(9-7-11)16-10-12-4-2-3-5-14(12)17-15/h2-10H,1H3. The average Bonchev–Trinajstić information content (AvgIpc) is 2.38. The van der Waals surface area contributed by atoms with Crippen LogP contribution in [0.4, 0.5) is 5.69 Å². The normalized spacial score (nSPS) is 10.9. The van der Waals surface area contributed by atoms with Gasteiger partial charge in [-0.25, -0.2) is 0 Å². The molecule has 0 radical (unpaired) electrons. The van der Waals surface area contributed by atoms with E-state index in [0.29, 0.717) is 0 Å². The predicted molar refractivity (Wildman–Crippen MR) is 79.2 cm³/mol. The van der Waals surface area contributed by atoms with Crippen LogP contribution in [-0.4, -0.2) is 24.9 Å². The molecule has 0 bridgehead atoms. The van der Waals surface area contributed by atoms with Crippen LogP contribution >= 0.6 is 12.8 Å². The van der Waals surface area contributed by atoms with Gasteiger partial charge in [0.05, 0.1) is 0 Å². The second kappa shape index (κ2) is 6.35. The number of aryl methyl sites for hydroxylation is 1. The Hall–Kier alpha value is -0.620. The molecule has 0 unspecified atom stereocenters. The van der Waals surface area contributed by atoms with E-state index in [1.54, 1.807) is 0 Å². The second-order valence-corrected chi connectivity index (χ2v) is 7.58. The molecule has 86 valence electrons. The fourth-order valence-electron chi connectivity index (χ4n) is 1.43. The topological polar surface area (TPSA) is 12.4 Å². The predicted octanol–water partition coefficient (Wildman–Crippen LogP) is 3.39. The van der Waals surface area contributed by atoms with E-state index < -0.39 is 0 Å². The summed E-state index contributed by atoms with van der Waals surface area (Å²) in [6.45, 7) is 2.08. The van der Waals surface area contributed by atoms with E-state index in [2.05, 4.69) is 61.1 Å². The molecular weight excluding hydrogens is 390 g/mol. The third kappa shape index (κ3) is 3.67. The van der Waals surface area contributed by atoms with Crippen molar-refractivity contribution >= 4 is 47.0 Å². The summed E-state index contributed by atoms with van der Waals surface area (Å²) in [5.41, 5.74) is 3.48. The Bertz CT molecular complexity index is 520. The van der Waals surface area contributed by atoms with E-state index in [1.807, 2.05) is 18.3 Å². The monoisotopic (exact) mass is 403 g/mol. The summed E-state index contributed by atoms with van der Waals surface area (Å²) in [5, 5.41) is 0. The van der Waals surface area contributed by atoms with Crippen molar-refractivity contribution in [3.05, 3.63) is 59.7 Å². The van der Waals surface area contributed by atoms with E-state index in [0.717, 1.165) is 5.69 Å². The van der Waals surface area contributed by atoms with Gasteiger partial charge in [0.25, 0.3) is 0 Å². The van der Waals surface area contributed by atoms with Crippen LogP contribution in [0.3, 0.4) is 0 Å². The van der Waals surface area contributed by atoms with Crippen LogP contribution in [-0.2, 0) is 0 Å². The molecule has 0 saturated heterocycles. The SMILES string of the molecule is Cc1ccc(N=Cc2ccccc2[Te]Br)cc1. The first kappa shape index (κ1) is 12.8. The number of aliphatic imine (C=N–C) groups is 1. The van der Waals surface area contributed by atoms with Crippen molar-refractivity contribution in [2.24, 2.45) is 4.99 Å². The van der Waals surface area contributed by atoms with E-state index in [1.165, 1.54) is 14.7 Å². The van der Waals surface area contributed by atoms with Crippen LogP contribution in [0.5, 0.6) is 0 Å². The number of benzene rings is 2. The van der Waals surface area contributed by atoms with Crippen LogP contribution in [0.1, 0.15) is 11.1 Å². The van der Waals surface area contributed by atoms with Crippen molar-refractivity contribution < 1.29 is 0 Å². The molecule has 0 N–H and O–H groups in total. The summed E-state index contributed by atoms with van der Waals surface area (Å²) in [5.74, 6) is 0. The number of hydrogen-bond acceptors (Lipinski definition) is 1. The molecule has 0 fully saturated rings. The van der Waals surface area contributed by atoms with Crippen molar-refractivity contribution in [2.45, 2.75) is 6.92 Å². The van der Waals surface area contributed by atoms with Crippen LogP contribution in [0, 0.1) is 6.92 Å². The number of rotatable bonds is 3. The van der Waals surface area contributed by atoms with Gasteiger partial charge < -0.3 is 0 Å². The minimum absolute atomic E-state index is 0.248. The number of nitrogens with zero attached hydrogens (tertiary/aromatic N) is 1. The van der Waals surface area contributed by atoms with Gasteiger partial charge in [0.1, 0.15) is 0 Å². The summed E-state index contributed by atoms with van der Waals surface area (Å²) in [6, 6.07) is 16.6. The van der Waals surface area contributed by atoms with Crippen molar-refractivity contribution in [2.75, 3.05) is 0 Å². The van der Waals surface area contributed by atoms with Gasteiger partial charge in [0.15, 0.2) is 0 Å². The number of hydrogen-bond donors (Lipinski definition) is 0. The van der Waals surface area contributed by atoms with Gasteiger partial charge in [0.2, 0.25) is 0 Å². The molecule has 0 atom stereocenters. The van der Waals surface area contributed by atoms with Crippen molar-refractivity contribution in [3.63, 3.8) is 0 Å². The van der Waals surface area contributed by atoms with E-state index in [9.17, 15) is 0 Å². The molecule has 2 rings (SSSR count). The van der Waals surface area contributed by atoms with Gasteiger partial charge >= 0.3 is 119 Å². The summed E-state index contributed by atoms with van der Waals surface area (Å²) in [6.07, 6.45) is 1.95. The molecule has 17 heavy (non-hydrogen) atoms. The molecule has 2 aromatic carbocycles. The van der Waals surface area contributed by atoms with E-state index in [-0.39, 0.29) is 18.7 Å². The molecule has 2 aromatic rings. The Morgan fingerprint density at radius 1 is 1.06 bits per heavy atom. The second-order valence-electron chi connectivity index (χ2n) is 3.71. The van der Waals surface area contributed by atoms with E-state index in [4.69, 9.17) is 0 Å². The fraction of sp³-hybridized carbons (Fsp3) is 0.0714. The molecule has 0 amide bonds. The van der Waals surface area contributed by atoms with Gasteiger partial charge in [-0.15, -0.1) is 0 Å². The Kier molecular flexibility index (Phi) is 4.79. The summed E-state index contributed by atoms with van der Waals surface area (Å²) in [4.78, 5) is 4.50. The van der Waals surface area contributed by atoms with Crippen LogP contribution < -0.4 is 3.61 Å². The zero-order valence-electron chi connectivity index (χ0n) is 9.43. The van der Waals surface area contributed by atoms with E-state index >= 15 is 0 Å². The molecule has 0 aliphatic heterocycles. The molecule has 0 aromatic heterocycles. The van der Waals surface area contributed by atoms with Gasteiger partial charge in [-0.05, 0) is 0 Å². The summed E-state index contributed by atoms with van der Waals surface area (Å²) < 4.78 is 1.38. The molecule has 1 nitrogen and oxygen atoms in total. The van der Waals surface area contributed by atoms with Crippen molar-refractivity contribution in [1.29, 1.82) is 0 Å². The zero-order valence-corrected chi connectivity index (χ0v) is 13.3. The molecule has 0 spiro atoms. The Morgan fingerprint density at radius 2 is 1.76 bits per heavy atom. The number of halogens is 1. The third-order valence-electron chi connectivity index (χ3n) is 2.39. The Balaban J connectivity index is 2.22.